The highest BCUT2D eigenvalue weighted by Gasteiger charge is 2.31. The Hall–Kier alpha value is -3.44. The molecule has 0 fully saturated rings. The quantitative estimate of drug-likeness (QED) is 0.495. The van der Waals surface area contributed by atoms with Gasteiger partial charge in [-0.3, -0.25) is 4.79 Å². The van der Waals surface area contributed by atoms with Crippen LogP contribution in [0.25, 0.3) is 11.1 Å². The molecule has 0 aliphatic heterocycles. The topological polar surface area (TPSA) is 61.8 Å². The third-order valence-electron chi connectivity index (χ3n) is 4.57. The number of nitrogens with one attached hydrogen (secondary N) is 1. The van der Waals surface area contributed by atoms with Crippen LogP contribution in [0.2, 0.25) is 0 Å². The molecule has 1 amide bonds. The van der Waals surface area contributed by atoms with E-state index >= 15 is 0 Å². The molecular formula is C24H25F3N2O3. The summed E-state index contributed by atoms with van der Waals surface area (Å²) in [7, 11) is 3.71. The number of nitrogens with zero attached hydrogens (tertiary/aromatic N) is 1. The molecule has 2 aromatic carbocycles. The number of ether oxygens (including phenoxy) is 1. The molecule has 0 aliphatic carbocycles. The molecule has 0 bridgehead atoms. The molecule has 0 heterocycles. The molecule has 8 heteroatoms. The Bertz CT molecular complexity index is 1030. The first-order valence-corrected chi connectivity index (χ1v) is 9.77. The lowest BCUT2D eigenvalue weighted by Crippen LogP contribution is -2.22. The molecule has 0 aliphatic rings. The van der Waals surface area contributed by atoms with Gasteiger partial charge in [0.2, 0.25) is 5.91 Å². The lowest BCUT2D eigenvalue weighted by atomic mass is 9.91. The van der Waals surface area contributed by atoms with Gasteiger partial charge in [-0.2, -0.15) is 0 Å². The number of rotatable bonds is 7. The van der Waals surface area contributed by atoms with Crippen LogP contribution in [0.15, 0.2) is 43.0 Å². The van der Waals surface area contributed by atoms with Crippen LogP contribution in [0.3, 0.4) is 0 Å². The first-order chi connectivity index (χ1) is 15.1. The number of aliphatic hydroxyl groups is 1. The zero-order chi connectivity index (χ0) is 23.9. The summed E-state index contributed by atoms with van der Waals surface area (Å²) in [5, 5.41) is 11.8. The maximum absolute atomic E-state index is 12.5. The molecule has 0 radical (unpaired) electrons. The van der Waals surface area contributed by atoms with Crippen molar-refractivity contribution in [2.45, 2.75) is 26.3 Å². The number of aliphatic hydroxyl groups excluding tert-OH is 1. The molecule has 0 spiro atoms. The Labute approximate surface area is 185 Å². The van der Waals surface area contributed by atoms with Crippen molar-refractivity contribution in [2.75, 3.05) is 25.6 Å². The Morgan fingerprint density at radius 3 is 2.47 bits per heavy atom. The van der Waals surface area contributed by atoms with Gasteiger partial charge in [-0.25, -0.2) is 0 Å². The van der Waals surface area contributed by atoms with E-state index in [1.807, 2.05) is 32.0 Å². The Morgan fingerprint density at radius 1 is 1.28 bits per heavy atom. The summed E-state index contributed by atoms with van der Waals surface area (Å²) in [6.45, 7) is 5.45. The van der Waals surface area contributed by atoms with Crippen LogP contribution in [0.5, 0.6) is 5.75 Å². The van der Waals surface area contributed by atoms with Gasteiger partial charge in [0.05, 0.1) is 17.9 Å². The van der Waals surface area contributed by atoms with Crippen LogP contribution in [-0.2, 0) is 11.3 Å². The standard InChI is InChI=1S/C24H25F3N2O3/c1-5-22(31)28-15-18-14-21(17-9-11-19(12-10-17)32-24(25,26)27)16(2)23(29(3)4)20(18)8-6-7-13-30/h5,9-12,14,30H,1,7,13,15H2,2-4H3,(H,28,31). The largest absolute Gasteiger partial charge is 0.573 e. The average molecular weight is 446 g/mol. The van der Waals surface area contributed by atoms with Gasteiger partial charge < -0.3 is 20.1 Å². The van der Waals surface area contributed by atoms with Gasteiger partial charge in [-0.1, -0.05) is 30.6 Å². The molecule has 0 saturated carbocycles. The van der Waals surface area contributed by atoms with Crippen LogP contribution >= 0.6 is 0 Å². The van der Waals surface area contributed by atoms with Crippen molar-refractivity contribution in [3.8, 4) is 28.7 Å². The van der Waals surface area contributed by atoms with Crippen molar-refractivity contribution in [3.63, 3.8) is 0 Å². The molecule has 0 aromatic heterocycles. The molecule has 170 valence electrons. The van der Waals surface area contributed by atoms with Gasteiger partial charge in [0.15, 0.2) is 0 Å². The molecule has 32 heavy (non-hydrogen) atoms. The van der Waals surface area contributed by atoms with E-state index in [1.54, 1.807) is 12.1 Å². The monoisotopic (exact) mass is 446 g/mol. The molecule has 0 saturated heterocycles. The van der Waals surface area contributed by atoms with Crippen molar-refractivity contribution >= 4 is 11.6 Å². The van der Waals surface area contributed by atoms with Crippen LogP contribution in [0.4, 0.5) is 18.9 Å². The zero-order valence-electron chi connectivity index (χ0n) is 18.1. The average Bonchev–Trinajstić information content (AvgIpc) is 2.72. The van der Waals surface area contributed by atoms with Crippen molar-refractivity contribution in [3.05, 3.63) is 59.7 Å². The van der Waals surface area contributed by atoms with E-state index < -0.39 is 6.36 Å². The van der Waals surface area contributed by atoms with E-state index in [2.05, 4.69) is 28.5 Å². The highest BCUT2D eigenvalue weighted by Crippen LogP contribution is 2.36. The molecule has 5 nitrogen and oxygen atoms in total. The number of carbonyl (C=O) groups is 1. The second kappa shape index (κ2) is 10.7. The third-order valence-corrected chi connectivity index (χ3v) is 4.57. The predicted octanol–water partition coefficient (Wildman–Crippen LogP) is 4.16. The van der Waals surface area contributed by atoms with Gasteiger partial charge >= 0.3 is 6.36 Å². The highest BCUT2D eigenvalue weighted by molar-refractivity contribution is 5.87. The number of benzene rings is 2. The molecule has 0 unspecified atom stereocenters. The van der Waals surface area contributed by atoms with E-state index in [9.17, 15) is 18.0 Å². The Morgan fingerprint density at radius 2 is 1.94 bits per heavy atom. The van der Waals surface area contributed by atoms with E-state index in [-0.39, 0.29) is 24.8 Å². The number of halogens is 3. The van der Waals surface area contributed by atoms with E-state index in [1.165, 1.54) is 18.2 Å². The second-order valence-electron chi connectivity index (χ2n) is 7.10. The minimum atomic E-state index is -4.76. The summed E-state index contributed by atoms with van der Waals surface area (Å²) in [6.07, 6.45) is -3.30. The summed E-state index contributed by atoms with van der Waals surface area (Å²) in [5.41, 5.74) is 4.57. The van der Waals surface area contributed by atoms with Crippen molar-refractivity contribution in [2.24, 2.45) is 0 Å². The van der Waals surface area contributed by atoms with E-state index in [0.29, 0.717) is 17.5 Å². The van der Waals surface area contributed by atoms with Gasteiger partial charge in [0.1, 0.15) is 5.75 Å². The minimum absolute atomic E-state index is 0.0732. The maximum atomic E-state index is 12.5. The summed E-state index contributed by atoms with van der Waals surface area (Å²) < 4.78 is 41.4. The normalized spacial score (nSPS) is 10.7. The molecule has 0 atom stereocenters. The van der Waals surface area contributed by atoms with Crippen LogP contribution in [-0.4, -0.2) is 38.1 Å². The third kappa shape index (κ3) is 6.53. The number of anilines is 1. The highest BCUT2D eigenvalue weighted by atomic mass is 19.4. The predicted molar refractivity (Wildman–Crippen MR) is 118 cm³/mol. The lowest BCUT2D eigenvalue weighted by Gasteiger charge is -2.24. The number of hydrogen-bond acceptors (Lipinski definition) is 4. The van der Waals surface area contributed by atoms with Gasteiger partial charge in [-0.15, -0.1) is 13.2 Å². The van der Waals surface area contributed by atoms with Crippen molar-refractivity contribution < 1.29 is 27.8 Å². The SMILES string of the molecule is C=CC(=O)NCc1cc(-c2ccc(OC(F)(F)F)cc2)c(C)c(N(C)C)c1C#CCCO. The van der Waals surface area contributed by atoms with E-state index in [0.717, 1.165) is 22.4 Å². The first kappa shape index (κ1) is 24.8. The number of alkyl halides is 3. The smallest absolute Gasteiger partial charge is 0.406 e. The molecule has 2 N–H and O–H groups in total. The van der Waals surface area contributed by atoms with Gasteiger partial charge in [-0.05, 0) is 53.5 Å². The maximum Gasteiger partial charge on any atom is 0.573 e. The van der Waals surface area contributed by atoms with Gasteiger partial charge in [0, 0.05) is 27.1 Å². The fourth-order valence-corrected chi connectivity index (χ4v) is 3.26. The number of hydrogen-bond donors (Lipinski definition) is 2. The minimum Gasteiger partial charge on any atom is -0.406 e. The van der Waals surface area contributed by atoms with Gasteiger partial charge in [0.25, 0.3) is 0 Å². The Balaban J connectivity index is 2.62. The Kier molecular flexibility index (Phi) is 8.33. The summed E-state index contributed by atoms with van der Waals surface area (Å²) >= 11 is 0. The summed E-state index contributed by atoms with van der Waals surface area (Å²) in [5.74, 6) is 5.35. The fourth-order valence-electron chi connectivity index (χ4n) is 3.26. The lowest BCUT2D eigenvalue weighted by molar-refractivity contribution is -0.274. The number of amides is 1. The summed E-state index contributed by atoms with van der Waals surface area (Å²) in [6, 6.07) is 7.46. The second-order valence-corrected chi connectivity index (χ2v) is 7.10. The zero-order valence-corrected chi connectivity index (χ0v) is 18.1. The molecule has 2 aromatic rings. The summed E-state index contributed by atoms with van der Waals surface area (Å²) in [4.78, 5) is 13.6. The first-order valence-electron chi connectivity index (χ1n) is 9.77. The molecular weight excluding hydrogens is 421 g/mol. The van der Waals surface area contributed by atoms with Crippen LogP contribution in [0.1, 0.15) is 23.1 Å². The van der Waals surface area contributed by atoms with Crippen LogP contribution < -0.4 is 15.0 Å². The van der Waals surface area contributed by atoms with E-state index in [4.69, 9.17) is 5.11 Å². The fraction of sp³-hybridized carbons (Fsp3) is 0.292. The number of carbonyl (C=O) groups excluding carboxylic acids is 1. The molecule has 2 rings (SSSR count). The van der Waals surface area contributed by atoms with Crippen LogP contribution in [0, 0.1) is 18.8 Å². The van der Waals surface area contributed by atoms with Crippen molar-refractivity contribution in [1.82, 2.24) is 5.32 Å². The van der Waals surface area contributed by atoms with Crippen molar-refractivity contribution in [1.29, 1.82) is 0 Å².